The fraction of sp³-hybridized carbons (Fsp3) is 0.294. The van der Waals surface area contributed by atoms with Gasteiger partial charge in [0.1, 0.15) is 0 Å². The summed E-state index contributed by atoms with van der Waals surface area (Å²) in [6.07, 6.45) is 4.52. The minimum Gasteiger partial charge on any atom is -0.347 e. The third-order valence-corrected chi connectivity index (χ3v) is 4.47. The van der Waals surface area contributed by atoms with Crippen LogP contribution in [-0.4, -0.2) is 18.2 Å². The molecule has 0 bridgehead atoms. The fourth-order valence-electron chi connectivity index (χ4n) is 2.65. The van der Waals surface area contributed by atoms with E-state index in [9.17, 15) is 0 Å². The Labute approximate surface area is 124 Å². The number of hydrogen-bond donors (Lipinski definition) is 1. The molecule has 3 rings (SSSR count). The molecule has 0 aliphatic carbocycles. The van der Waals surface area contributed by atoms with Gasteiger partial charge in [-0.15, -0.1) is 0 Å². The average Bonchev–Trinajstić information content (AvgIpc) is 3.11. The first-order valence-electron chi connectivity index (χ1n) is 7.11. The molecule has 2 heterocycles. The molecule has 3 aromatic rings. The van der Waals surface area contributed by atoms with Crippen molar-refractivity contribution in [2.75, 3.05) is 13.6 Å². The van der Waals surface area contributed by atoms with E-state index in [0.29, 0.717) is 0 Å². The number of likely N-dealkylation sites (N-methyl/N-ethyl adjacent to an activating group) is 1. The highest BCUT2D eigenvalue weighted by atomic mass is 32.1. The number of thiophene rings is 1. The van der Waals surface area contributed by atoms with Crippen molar-refractivity contribution in [3.05, 3.63) is 58.4 Å². The Morgan fingerprint density at radius 1 is 1.15 bits per heavy atom. The lowest BCUT2D eigenvalue weighted by molar-refractivity contribution is 0.717. The van der Waals surface area contributed by atoms with Gasteiger partial charge < -0.3 is 9.88 Å². The van der Waals surface area contributed by atoms with Crippen LogP contribution in [0.4, 0.5) is 0 Å². The van der Waals surface area contributed by atoms with Crippen molar-refractivity contribution in [2.24, 2.45) is 0 Å². The lowest BCUT2D eigenvalue weighted by Crippen LogP contribution is -2.10. The molecule has 0 saturated heterocycles. The molecule has 0 unspecified atom stereocenters. The van der Waals surface area contributed by atoms with Gasteiger partial charge in [-0.1, -0.05) is 18.2 Å². The molecule has 0 aliphatic rings. The summed E-state index contributed by atoms with van der Waals surface area (Å²) >= 11 is 1.78. The molecular weight excluding hydrogens is 264 g/mol. The van der Waals surface area contributed by atoms with Crippen LogP contribution in [0.2, 0.25) is 0 Å². The quantitative estimate of drug-likeness (QED) is 0.730. The number of aryl methyl sites for hydroxylation is 2. The largest absolute Gasteiger partial charge is 0.347 e. The molecule has 2 nitrogen and oxygen atoms in total. The van der Waals surface area contributed by atoms with Crippen LogP contribution in [0, 0.1) is 0 Å². The van der Waals surface area contributed by atoms with Crippen molar-refractivity contribution < 1.29 is 0 Å². The van der Waals surface area contributed by atoms with Gasteiger partial charge in [0.2, 0.25) is 0 Å². The smallest absolute Gasteiger partial charge is 0.0483 e. The molecule has 2 aromatic heterocycles. The Morgan fingerprint density at radius 3 is 2.85 bits per heavy atom. The molecule has 1 N–H and O–H groups in total. The molecule has 0 saturated carbocycles. The second-order valence-electron chi connectivity index (χ2n) is 5.10. The first kappa shape index (κ1) is 13.4. The van der Waals surface area contributed by atoms with Crippen LogP contribution >= 0.6 is 11.3 Å². The van der Waals surface area contributed by atoms with Gasteiger partial charge in [0.05, 0.1) is 0 Å². The normalized spacial score (nSPS) is 11.2. The van der Waals surface area contributed by atoms with E-state index in [0.717, 1.165) is 25.9 Å². The molecule has 0 fully saturated rings. The molecule has 3 heteroatoms. The minimum absolute atomic E-state index is 1.03. The van der Waals surface area contributed by atoms with Crippen molar-refractivity contribution in [3.63, 3.8) is 0 Å². The third-order valence-electron chi connectivity index (χ3n) is 3.74. The molecule has 20 heavy (non-hydrogen) atoms. The van der Waals surface area contributed by atoms with Crippen LogP contribution in [0.25, 0.3) is 10.9 Å². The number of para-hydroxylation sites is 1. The fourth-order valence-corrected chi connectivity index (χ4v) is 3.35. The zero-order chi connectivity index (χ0) is 13.8. The molecule has 0 spiro atoms. The van der Waals surface area contributed by atoms with Crippen LogP contribution in [-0.2, 0) is 19.4 Å². The van der Waals surface area contributed by atoms with Gasteiger partial charge in [-0.2, -0.15) is 11.3 Å². The van der Waals surface area contributed by atoms with E-state index in [4.69, 9.17) is 0 Å². The summed E-state index contributed by atoms with van der Waals surface area (Å²) in [6, 6.07) is 10.9. The first-order chi connectivity index (χ1) is 9.88. The van der Waals surface area contributed by atoms with E-state index >= 15 is 0 Å². The van der Waals surface area contributed by atoms with Crippen LogP contribution in [0.15, 0.2) is 47.3 Å². The standard InChI is InChI=1S/C17H20N2S/c1-18-9-6-15-12-19(10-7-14-8-11-20-13-14)17-5-3-2-4-16(15)17/h2-5,8,11-13,18H,6-7,9-10H2,1H3. The SMILES string of the molecule is CNCCc1cn(CCc2ccsc2)c2ccccc12. The highest BCUT2D eigenvalue weighted by Crippen LogP contribution is 2.22. The summed E-state index contributed by atoms with van der Waals surface area (Å²) < 4.78 is 2.40. The van der Waals surface area contributed by atoms with Crippen molar-refractivity contribution in [2.45, 2.75) is 19.4 Å². The number of hydrogen-bond acceptors (Lipinski definition) is 2. The summed E-state index contributed by atoms with van der Waals surface area (Å²) in [6.45, 7) is 2.08. The van der Waals surface area contributed by atoms with Crippen LogP contribution in [0.5, 0.6) is 0 Å². The Kier molecular flexibility index (Phi) is 4.19. The lowest BCUT2D eigenvalue weighted by Gasteiger charge is -2.03. The Balaban J connectivity index is 1.86. The van der Waals surface area contributed by atoms with Gasteiger partial charge in [-0.3, -0.25) is 0 Å². The number of benzene rings is 1. The van der Waals surface area contributed by atoms with E-state index in [1.54, 1.807) is 11.3 Å². The van der Waals surface area contributed by atoms with Crippen LogP contribution in [0.3, 0.4) is 0 Å². The minimum atomic E-state index is 1.03. The average molecular weight is 284 g/mol. The second-order valence-corrected chi connectivity index (χ2v) is 5.88. The number of nitrogens with one attached hydrogen (secondary N) is 1. The summed E-state index contributed by atoms with van der Waals surface area (Å²) in [5, 5.41) is 9.03. The maximum Gasteiger partial charge on any atom is 0.0483 e. The Hall–Kier alpha value is -1.58. The highest BCUT2D eigenvalue weighted by molar-refractivity contribution is 7.07. The lowest BCUT2D eigenvalue weighted by atomic mass is 10.1. The number of fused-ring (bicyclic) bond motifs is 1. The predicted octanol–water partition coefficient (Wildman–Crippen LogP) is 3.71. The van der Waals surface area contributed by atoms with Crippen molar-refractivity contribution in [1.82, 2.24) is 9.88 Å². The van der Waals surface area contributed by atoms with Crippen LogP contribution in [0.1, 0.15) is 11.1 Å². The van der Waals surface area contributed by atoms with Gasteiger partial charge in [0, 0.05) is 23.6 Å². The second kappa shape index (κ2) is 6.25. The monoisotopic (exact) mass is 284 g/mol. The topological polar surface area (TPSA) is 17.0 Å². The van der Waals surface area contributed by atoms with Crippen molar-refractivity contribution >= 4 is 22.2 Å². The van der Waals surface area contributed by atoms with E-state index < -0.39 is 0 Å². The van der Waals surface area contributed by atoms with E-state index in [2.05, 4.69) is 57.2 Å². The number of nitrogens with zero attached hydrogens (tertiary/aromatic N) is 1. The summed E-state index contributed by atoms with van der Waals surface area (Å²) in [7, 11) is 2.01. The number of rotatable bonds is 6. The van der Waals surface area contributed by atoms with E-state index in [1.807, 2.05) is 7.05 Å². The van der Waals surface area contributed by atoms with Gasteiger partial charge >= 0.3 is 0 Å². The molecule has 0 atom stereocenters. The van der Waals surface area contributed by atoms with Gasteiger partial charge in [-0.05, 0) is 60.5 Å². The van der Waals surface area contributed by atoms with Crippen LogP contribution < -0.4 is 5.32 Å². The van der Waals surface area contributed by atoms with Gasteiger partial charge in [0.15, 0.2) is 0 Å². The maximum absolute atomic E-state index is 3.24. The molecular formula is C17H20N2S. The number of aromatic nitrogens is 1. The van der Waals surface area contributed by atoms with Gasteiger partial charge in [-0.25, -0.2) is 0 Å². The highest BCUT2D eigenvalue weighted by Gasteiger charge is 2.07. The predicted molar refractivity (Wildman–Crippen MR) is 87.6 cm³/mol. The zero-order valence-corrected chi connectivity index (χ0v) is 12.6. The van der Waals surface area contributed by atoms with Crippen molar-refractivity contribution in [1.29, 1.82) is 0 Å². The van der Waals surface area contributed by atoms with Crippen molar-refractivity contribution in [3.8, 4) is 0 Å². The summed E-state index contributed by atoms with van der Waals surface area (Å²) in [5.41, 5.74) is 4.23. The third kappa shape index (κ3) is 2.79. The molecule has 0 aliphatic heterocycles. The zero-order valence-electron chi connectivity index (χ0n) is 11.8. The van der Waals surface area contributed by atoms with E-state index in [-0.39, 0.29) is 0 Å². The Bertz CT molecular complexity index is 667. The molecule has 104 valence electrons. The maximum atomic E-state index is 3.24. The van der Waals surface area contributed by atoms with E-state index in [1.165, 1.54) is 22.0 Å². The Morgan fingerprint density at radius 2 is 2.05 bits per heavy atom. The molecule has 0 amide bonds. The molecule has 1 aromatic carbocycles. The summed E-state index contributed by atoms with van der Waals surface area (Å²) in [5.74, 6) is 0. The molecule has 0 radical (unpaired) electrons. The summed E-state index contributed by atoms with van der Waals surface area (Å²) in [4.78, 5) is 0. The first-order valence-corrected chi connectivity index (χ1v) is 8.05. The van der Waals surface area contributed by atoms with Gasteiger partial charge in [0.25, 0.3) is 0 Å².